The molecule has 2 aromatic carbocycles. The number of alkyl carbamates (subject to hydrolysis) is 1. The van der Waals surface area contributed by atoms with E-state index in [-0.39, 0.29) is 12.5 Å². The maximum Gasteiger partial charge on any atom is 0.408 e. The van der Waals surface area contributed by atoms with Gasteiger partial charge in [-0.2, -0.15) is 0 Å². The molecule has 2 aromatic rings. The van der Waals surface area contributed by atoms with Gasteiger partial charge in [-0.05, 0) is 36.1 Å². The number of benzene rings is 2. The van der Waals surface area contributed by atoms with Gasteiger partial charge in [0.2, 0.25) is 5.91 Å². The molecule has 0 saturated carbocycles. The fourth-order valence-corrected chi connectivity index (χ4v) is 2.95. The van der Waals surface area contributed by atoms with Crippen molar-refractivity contribution in [2.75, 3.05) is 6.61 Å². The first-order chi connectivity index (χ1) is 11.4. The molecule has 1 aliphatic rings. The van der Waals surface area contributed by atoms with Crippen molar-refractivity contribution in [3.8, 4) is 11.1 Å². The number of nitrogens with one attached hydrogen (secondary N) is 1. The molecule has 24 heavy (non-hydrogen) atoms. The number of carbonyl (C=O) groups excluding carboxylic acids is 2. The van der Waals surface area contributed by atoms with E-state index in [9.17, 15) is 9.59 Å². The fraction of sp³-hybridized carbons (Fsp3) is 0.263. The number of hydrogen-bond donors (Lipinski definition) is 2. The van der Waals surface area contributed by atoms with Crippen LogP contribution in [0, 0.1) is 0 Å². The third-order valence-electron chi connectivity index (χ3n) is 4.37. The molecule has 0 aromatic heterocycles. The Balaban J connectivity index is 1.76. The topological polar surface area (TPSA) is 81.4 Å². The zero-order chi connectivity index (χ0) is 17.3. The zero-order valence-electron chi connectivity index (χ0n) is 13.7. The average Bonchev–Trinajstić information content (AvgIpc) is 2.86. The highest BCUT2D eigenvalue weighted by atomic mass is 16.5. The van der Waals surface area contributed by atoms with Gasteiger partial charge in [-0.3, -0.25) is 4.79 Å². The van der Waals surface area contributed by atoms with E-state index in [2.05, 4.69) is 29.6 Å². The summed E-state index contributed by atoms with van der Waals surface area (Å²) in [4.78, 5) is 23.3. The number of hydrogen-bond acceptors (Lipinski definition) is 3. The lowest BCUT2D eigenvalue weighted by molar-refractivity contribution is -0.123. The highest BCUT2D eigenvalue weighted by Gasteiger charge is 2.31. The maximum atomic E-state index is 12.0. The normalized spacial score (nSPS) is 13.1. The Morgan fingerprint density at radius 2 is 1.54 bits per heavy atom. The Bertz CT molecular complexity index is 753. The molecule has 1 aliphatic carbocycles. The summed E-state index contributed by atoms with van der Waals surface area (Å²) in [5.74, 6) is -0.629. The van der Waals surface area contributed by atoms with Gasteiger partial charge < -0.3 is 15.8 Å². The van der Waals surface area contributed by atoms with Gasteiger partial charge in [0.05, 0.1) is 0 Å². The van der Waals surface area contributed by atoms with E-state index in [1.54, 1.807) is 0 Å². The maximum absolute atomic E-state index is 12.0. The van der Waals surface area contributed by atoms with Crippen LogP contribution in [0.5, 0.6) is 0 Å². The van der Waals surface area contributed by atoms with E-state index in [1.807, 2.05) is 24.3 Å². The van der Waals surface area contributed by atoms with Gasteiger partial charge in [0.1, 0.15) is 12.1 Å². The molecule has 0 aliphatic heterocycles. The van der Waals surface area contributed by atoms with Crippen molar-refractivity contribution < 1.29 is 14.3 Å². The van der Waals surface area contributed by atoms with Crippen molar-refractivity contribution in [1.82, 2.24) is 5.32 Å². The summed E-state index contributed by atoms with van der Waals surface area (Å²) in [6, 6.07) is 16.2. The SMILES string of the molecule is CC(C)(NC(=O)OCC1c2ccccc2-c2ccccc21)C(N)=O. The van der Waals surface area contributed by atoms with Crippen molar-refractivity contribution >= 4 is 12.0 Å². The minimum absolute atomic E-state index is 0.0140. The van der Waals surface area contributed by atoms with Crippen molar-refractivity contribution in [1.29, 1.82) is 0 Å². The van der Waals surface area contributed by atoms with Gasteiger partial charge in [0.15, 0.2) is 0 Å². The zero-order valence-corrected chi connectivity index (χ0v) is 13.7. The van der Waals surface area contributed by atoms with E-state index in [4.69, 9.17) is 10.5 Å². The third-order valence-corrected chi connectivity index (χ3v) is 4.37. The Labute approximate surface area is 140 Å². The highest BCUT2D eigenvalue weighted by Crippen LogP contribution is 2.44. The summed E-state index contributed by atoms with van der Waals surface area (Å²) in [5, 5.41) is 2.49. The van der Waals surface area contributed by atoms with Crippen molar-refractivity contribution in [3.63, 3.8) is 0 Å². The second kappa shape index (κ2) is 6.00. The number of primary amides is 1. The van der Waals surface area contributed by atoms with Crippen LogP contribution in [0.4, 0.5) is 4.79 Å². The van der Waals surface area contributed by atoms with Crippen LogP contribution in [0.1, 0.15) is 30.9 Å². The number of nitrogens with two attached hydrogens (primary N) is 1. The molecule has 0 unspecified atom stereocenters. The van der Waals surface area contributed by atoms with Crippen LogP contribution >= 0.6 is 0 Å². The largest absolute Gasteiger partial charge is 0.449 e. The first kappa shape index (κ1) is 16.1. The molecule has 2 amide bonds. The van der Waals surface area contributed by atoms with Crippen LogP contribution < -0.4 is 11.1 Å². The molecule has 0 spiro atoms. The van der Waals surface area contributed by atoms with E-state index in [1.165, 1.54) is 25.0 Å². The molecule has 0 bridgehead atoms. The van der Waals surface area contributed by atoms with Crippen LogP contribution in [-0.4, -0.2) is 24.1 Å². The highest BCUT2D eigenvalue weighted by molar-refractivity contribution is 5.87. The van der Waals surface area contributed by atoms with Gasteiger partial charge in [0, 0.05) is 5.92 Å². The summed E-state index contributed by atoms with van der Waals surface area (Å²) in [5.41, 5.74) is 8.72. The molecule has 3 N–H and O–H groups in total. The lowest BCUT2D eigenvalue weighted by Gasteiger charge is -2.22. The summed E-state index contributed by atoms with van der Waals surface area (Å²) in [6.07, 6.45) is -0.652. The van der Waals surface area contributed by atoms with E-state index < -0.39 is 17.5 Å². The van der Waals surface area contributed by atoms with Crippen LogP contribution in [0.3, 0.4) is 0 Å². The van der Waals surface area contributed by atoms with Crippen LogP contribution in [0.25, 0.3) is 11.1 Å². The summed E-state index contributed by atoms with van der Waals surface area (Å²) < 4.78 is 5.37. The van der Waals surface area contributed by atoms with Crippen molar-refractivity contribution in [2.45, 2.75) is 25.3 Å². The number of carbonyl (C=O) groups is 2. The van der Waals surface area contributed by atoms with Crippen LogP contribution in [0.15, 0.2) is 48.5 Å². The molecular formula is C19H20N2O3. The molecule has 0 heterocycles. The molecule has 0 radical (unpaired) electrons. The molecule has 0 fully saturated rings. The molecule has 5 nitrogen and oxygen atoms in total. The van der Waals surface area contributed by atoms with Gasteiger partial charge in [0.25, 0.3) is 0 Å². The van der Waals surface area contributed by atoms with E-state index in [0.29, 0.717) is 0 Å². The fourth-order valence-electron chi connectivity index (χ4n) is 2.95. The Kier molecular flexibility index (Phi) is 4.01. The van der Waals surface area contributed by atoms with Gasteiger partial charge >= 0.3 is 6.09 Å². The molecular weight excluding hydrogens is 304 g/mol. The standard InChI is InChI=1S/C19H20N2O3/c1-19(2,17(20)22)21-18(23)24-11-16-14-9-5-3-7-12(14)13-8-4-6-10-15(13)16/h3-10,16H,11H2,1-2H3,(H2,20,22)(H,21,23). The minimum atomic E-state index is -1.15. The lowest BCUT2D eigenvalue weighted by Crippen LogP contribution is -2.53. The predicted molar refractivity (Wildman–Crippen MR) is 91.5 cm³/mol. The number of fused-ring (bicyclic) bond motifs is 3. The second-order valence-electron chi connectivity index (χ2n) is 6.44. The second-order valence-corrected chi connectivity index (χ2v) is 6.44. The Morgan fingerprint density at radius 1 is 1.04 bits per heavy atom. The van der Waals surface area contributed by atoms with E-state index in [0.717, 1.165) is 11.1 Å². The Hall–Kier alpha value is -2.82. The lowest BCUT2D eigenvalue weighted by atomic mass is 9.98. The molecule has 124 valence electrons. The number of rotatable bonds is 4. The molecule has 5 heteroatoms. The first-order valence-corrected chi connectivity index (χ1v) is 7.83. The third kappa shape index (κ3) is 2.85. The van der Waals surface area contributed by atoms with Gasteiger partial charge in [-0.1, -0.05) is 48.5 Å². The van der Waals surface area contributed by atoms with Crippen LogP contribution in [0.2, 0.25) is 0 Å². The quantitative estimate of drug-likeness (QED) is 0.907. The van der Waals surface area contributed by atoms with E-state index >= 15 is 0 Å². The average molecular weight is 324 g/mol. The van der Waals surface area contributed by atoms with Crippen LogP contribution in [-0.2, 0) is 9.53 Å². The van der Waals surface area contributed by atoms with Crippen molar-refractivity contribution in [3.05, 3.63) is 59.7 Å². The number of amides is 2. The molecule has 3 rings (SSSR count). The smallest absolute Gasteiger partial charge is 0.408 e. The molecule has 0 atom stereocenters. The van der Waals surface area contributed by atoms with Gasteiger partial charge in [-0.25, -0.2) is 4.79 Å². The molecule has 0 saturated heterocycles. The Morgan fingerprint density at radius 3 is 2.04 bits per heavy atom. The first-order valence-electron chi connectivity index (χ1n) is 7.83. The minimum Gasteiger partial charge on any atom is -0.449 e. The summed E-state index contributed by atoms with van der Waals surface area (Å²) in [7, 11) is 0. The van der Waals surface area contributed by atoms with Gasteiger partial charge in [-0.15, -0.1) is 0 Å². The van der Waals surface area contributed by atoms with Crippen molar-refractivity contribution in [2.24, 2.45) is 5.73 Å². The monoisotopic (exact) mass is 324 g/mol. The predicted octanol–water partition coefficient (Wildman–Crippen LogP) is 2.79. The number of ether oxygens (including phenoxy) is 1. The summed E-state index contributed by atoms with van der Waals surface area (Å²) in [6.45, 7) is 3.28. The summed E-state index contributed by atoms with van der Waals surface area (Å²) >= 11 is 0.